The Morgan fingerprint density at radius 3 is 2.50 bits per heavy atom. The summed E-state index contributed by atoms with van der Waals surface area (Å²) in [6, 6.07) is 10.6. The van der Waals surface area contributed by atoms with Crippen LogP contribution in [0.3, 0.4) is 0 Å². The van der Waals surface area contributed by atoms with Crippen molar-refractivity contribution in [2.75, 3.05) is 18.1 Å². The maximum Gasteiger partial charge on any atom is 0.338 e. The van der Waals surface area contributed by atoms with Gasteiger partial charge in [-0.1, -0.05) is 23.8 Å². The van der Waals surface area contributed by atoms with Gasteiger partial charge in [-0.25, -0.2) is 14.1 Å². The Labute approximate surface area is 209 Å². The number of benzene rings is 2. The summed E-state index contributed by atoms with van der Waals surface area (Å²) in [4.78, 5) is 54.1. The number of halogens is 1. The lowest BCUT2D eigenvalue weighted by atomic mass is 9.96. The molecule has 1 aliphatic carbocycles. The van der Waals surface area contributed by atoms with Crippen LogP contribution >= 0.6 is 0 Å². The van der Waals surface area contributed by atoms with Crippen LogP contribution in [0.25, 0.3) is 0 Å². The first-order valence-corrected chi connectivity index (χ1v) is 12.3. The first-order valence-electron chi connectivity index (χ1n) is 12.3. The van der Waals surface area contributed by atoms with E-state index >= 15 is 0 Å². The van der Waals surface area contributed by atoms with Crippen molar-refractivity contribution in [3.8, 4) is 0 Å². The number of hydrogen-bond donors (Lipinski definition) is 0. The van der Waals surface area contributed by atoms with Crippen LogP contribution in [0.4, 0.5) is 10.1 Å². The van der Waals surface area contributed by atoms with Gasteiger partial charge in [0.15, 0.2) is 0 Å². The van der Waals surface area contributed by atoms with E-state index in [9.17, 15) is 23.6 Å². The molecule has 0 bridgehead atoms. The van der Waals surface area contributed by atoms with Crippen LogP contribution in [0.15, 0.2) is 60.2 Å². The fourth-order valence-corrected chi connectivity index (χ4v) is 4.68. The van der Waals surface area contributed by atoms with Crippen LogP contribution in [-0.2, 0) is 14.3 Å². The number of hydrogen-bond acceptors (Lipinski definition) is 5. The Hall–Kier alpha value is -3.81. The van der Waals surface area contributed by atoms with Gasteiger partial charge in [0.1, 0.15) is 11.9 Å². The van der Waals surface area contributed by atoms with Gasteiger partial charge in [0, 0.05) is 6.54 Å². The van der Waals surface area contributed by atoms with Crippen molar-refractivity contribution in [2.45, 2.75) is 51.5 Å². The van der Waals surface area contributed by atoms with Crippen LogP contribution in [0.5, 0.6) is 0 Å². The fraction of sp³-hybridized carbons (Fsp3) is 0.357. The Morgan fingerprint density at radius 1 is 1.08 bits per heavy atom. The van der Waals surface area contributed by atoms with Crippen LogP contribution in [-0.4, -0.2) is 47.8 Å². The highest BCUT2D eigenvalue weighted by Crippen LogP contribution is 2.29. The Kier molecular flexibility index (Phi) is 7.93. The summed E-state index contributed by atoms with van der Waals surface area (Å²) in [5.74, 6) is -2.80. The molecular formula is C28H29FN2O5. The minimum atomic E-state index is -1.04. The van der Waals surface area contributed by atoms with E-state index < -0.39 is 35.5 Å². The van der Waals surface area contributed by atoms with Gasteiger partial charge in [0.05, 0.1) is 29.8 Å². The largest absolute Gasteiger partial charge is 0.462 e. The molecular weight excluding hydrogens is 463 g/mol. The van der Waals surface area contributed by atoms with E-state index in [1.165, 1.54) is 52.9 Å². The average Bonchev–Trinajstić information content (AvgIpc) is 3.18. The number of ether oxygens (including phenoxy) is 1. The van der Waals surface area contributed by atoms with Crippen molar-refractivity contribution in [3.05, 3.63) is 77.1 Å². The number of imide groups is 1. The van der Waals surface area contributed by atoms with E-state index in [0.29, 0.717) is 17.7 Å². The van der Waals surface area contributed by atoms with E-state index in [-0.39, 0.29) is 25.1 Å². The monoisotopic (exact) mass is 492 g/mol. The molecule has 1 aliphatic heterocycles. The molecule has 1 fully saturated rings. The van der Waals surface area contributed by atoms with E-state index in [1.807, 2.05) is 0 Å². The van der Waals surface area contributed by atoms with Crippen LogP contribution in [0.1, 0.15) is 66.2 Å². The highest BCUT2D eigenvalue weighted by molar-refractivity contribution is 6.23. The average molecular weight is 493 g/mol. The molecule has 0 aromatic heterocycles. The molecule has 2 aliphatic rings. The Balaban J connectivity index is 1.59. The molecule has 188 valence electrons. The summed E-state index contributed by atoms with van der Waals surface area (Å²) in [7, 11) is 0. The Morgan fingerprint density at radius 2 is 1.83 bits per heavy atom. The summed E-state index contributed by atoms with van der Waals surface area (Å²) < 4.78 is 19.5. The predicted molar refractivity (Wildman–Crippen MR) is 132 cm³/mol. The number of carbonyl (C=O) groups excluding carboxylic acids is 4. The SMILES string of the molecule is CCOC(=O)c1ccc(N2C(=O)CC(N(CCC3=CCCCC3)C(=O)c3ccccc3F)C2=O)cc1. The molecule has 8 heteroatoms. The molecule has 4 rings (SSSR count). The number of carbonyl (C=O) groups is 4. The molecule has 0 spiro atoms. The Bertz CT molecular complexity index is 1190. The van der Waals surface area contributed by atoms with Crippen LogP contribution in [0.2, 0.25) is 0 Å². The standard InChI is InChI=1S/C28H29FN2O5/c1-2-36-28(35)20-12-14-21(15-13-20)31-25(32)18-24(27(31)34)30(17-16-19-8-4-3-5-9-19)26(33)22-10-6-7-11-23(22)29/h6-8,10-15,24H,2-5,9,16-18H2,1H3. The maximum atomic E-state index is 14.5. The number of nitrogens with zero attached hydrogens (tertiary/aromatic N) is 2. The molecule has 0 N–H and O–H groups in total. The van der Waals surface area contributed by atoms with Crippen molar-refractivity contribution in [1.82, 2.24) is 4.90 Å². The second kappa shape index (κ2) is 11.3. The van der Waals surface area contributed by atoms with E-state index in [2.05, 4.69) is 6.08 Å². The quantitative estimate of drug-likeness (QED) is 0.304. The summed E-state index contributed by atoms with van der Waals surface area (Å²) in [5, 5.41) is 0. The van der Waals surface area contributed by atoms with Crippen molar-refractivity contribution in [2.24, 2.45) is 0 Å². The van der Waals surface area contributed by atoms with Gasteiger partial charge >= 0.3 is 5.97 Å². The molecule has 1 saturated heterocycles. The summed E-state index contributed by atoms with van der Waals surface area (Å²) >= 11 is 0. The first-order chi connectivity index (χ1) is 17.4. The number of esters is 1. The van der Waals surface area contributed by atoms with E-state index in [1.54, 1.807) is 13.0 Å². The molecule has 1 atom stereocenters. The molecule has 7 nitrogen and oxygen atoms in total. The zero-order chi connectivity index (χ0) is 25.7. The smallest absolute Gasteiger partial charge is 0.338 e. The summed E-state index contributed by atoms with van der Waals surface area (Å²) in [5.41, 5.74) is 1.67. The zero-order valence-corrected chi connectivity index (χ0v) is 20.2. The van der Waals surface area contributed by atoms with Crippen molar-refractivity contribution in [3.63, 3.8) is 0 Å². The fourth-order valence-electron chi connectivity index (χ4n) is 4.68. The lowest BCUT2D eigenvalue weighted by molar-refractivity contribution is -0.122. The normalized spacial score (nSPS) is 17.7. The highest BCUT2D eigenvalue weighted by Gasteiger charge is 2.44. The number of anilines is 1. The van der Waals surface area contributed by atoms with Crippen LogP contribution in [0, 0.1) is 5.82 Å². The van der Waals surface area contributed by atoms with Gasteiger partial charge < -0.3 is 9.64 Å². The van der Waals surface area contributed by atoms with Gasteiger partial charge in [-0.15, -0.1) is 0 Å². The minimum absolute atomic E-state index is 0.132. The maximum absolute atomic E-state index is 14.5. The number of rotatable bonds is 8. The van der Waals surface area contributed by atoms with Gasteiger partial charge in [0.2, 0.25) is 5.91 Å². The van der Waals surface area contributed by atoms with E-state index in [4.69, 9.17) is 4.74 Å². The number of allylic oxidation sites excluding steroid dienone is 1. The van der Waals surface area contributed by atoms with Gasteiger partial charge in [-0.2, -0.15) is 0 Å². The van der Waals surface area contributed by atoms with Crippen molar-refractivity contribution < 1.29 is 28.3 Å². The van der Waals surface area contributed by atoms with Crippen molar-refractivity contribution in [1.29, 1.82) is 0 Å². The molecule has 3 amide bonds. The third kappa shape index (κ3) is 5.37. The molecule has 0 radical (unpaired) electrons. The summed E-state index contributed by atoms with van der Waals surface area (Å²) in [6.07, 6.45) is 6.63. The van der Waals surface area contributed by atoms with Gasteiger partial charge in [-0.3, -0.25) is 14.4 Å². The van der Waals surface area contributed by atoms with Gasteiger partial charge in [-0.05, 0) is 75.4 Å². The third-order valence-electron chi connectivity index (χ3n) is 6.56. The molecule has 1 heterocycles. The topological polar surface area (TPSA) is 84.0 Å². The molecule has 2 aromatic rings. The molecule has 1 unspecified atom stereocenters. The molecule has 36 heavy (non-hydrogen) atoms. The molecule has 0 saturated carbocycles. The lowest BCUT2D eigenvalue weighted by Crippen LogP contribution is -2.46. The first kappa shape index (κ1) is 25.3. The summed E-state index contributed by atoms with van der Waals surface area (Å²) in [6.45, 7) is 2.14. The van der Waals surface area contributed by atoms with E-state index in [0.717, 1.165) is 30.6 Å². The number of amides is 3. The van der Waals surface area contributed by atoms with Crippen LogP contribution < -0.4 is 4.90 Å². The van der Waals surface area contributed by atoms with Crippen molar-refractivity contribution >= 4 is 29.4 Å². The predicted octanol–water partition coefficient (Wildman–Crippen LogP) is 4.67. The second-order valence-electron chi connectivity index (χ2n) is 8.89. The third-order valence-corrected chi connectivity index (χ3v) is 6.56. The second-order valence-corrected chi connectivity index (χ2v) is 8.89. The lowest BCUT2D eigenvalue weighted by Gasteiger charge is -2.29. The van der Waals surface area contributed by atoms with Gasteiger partial charge in [0.25, 0.3) is 11.8 Å². The minimum Gasteiger partial charge on any atom is -0.462 e. The molecule has 2 aromatic carbocycles. The highest BCUT2D eigenvalue weighted by atomic mass is 19.1. The zero-order valence-electron chi connectivity index (χ0n) is 20.2.